The number of alkyl halides is 3. The van der Waals surface area contributed by atoms with Gasteiger partial charge in [-0.1, -0.05) is 29.8 Å². The van der Waals surface area contributed by atoms with E-state index in [1.165, 1.54) is 24.3 Å². The zero-order valence-electron chi connectivity index (χ0n) is 13.0. The highest BCUT2D eigenvalue weighted by Gasteiger charge is 2.41. The van der Waals surface area contributed by atoms with Gasteiger partial charge >= 0.3 is 6.18 Å². The Labute approximate surface area is 140 Å². The molecule has 25 heavy (non-hydrogen) atoms. The molecule has 0 aromatic heterocycles. The third-order valence-electron chi connectivity index (χ3n) is 3.30. The average Bonchev–Trinajstić information content (AvgIpc) is 2.52. The number of hydrogen-bond acceptors (Lipinski definition) is 2. The maximum atomic E-state index is 13.4. The largest absolute Gasteiger partial charge is 0.481 e. The zero-order valence-corrected chi connectivity index (χ0v) is 13.0. The third kappa shape index (κ3) is 5.17. The van der Waals surface area contributed by atoms with Gasteiger partial charge < -0.3 is 10.1 Å². The smallest absolute Gasteiger partial charge is 0.412 e. The van der Waals surface area contributed by atoms with E-state index in [1.54, 1.807) is 6.92 Å². The molecule has 134 valence electrons. The number of amides is 1. The first-order valence-corrected chi connectivity index (χ1v) is 7.17. The van der Waals surface area contributed by atoms with E-state index in [0.717, 1.165) is 17.7 Å². The van der Waals surface area contributed by atoms with Crippen LogP contribution in [-0.4, -0.2) is 18.7 Å². The third-order valence-corrected chi connectivity index (χ3v) is 3.30. The lowest BCUT2D eigenvalue weighted by Gasteiger charge is -2.22. The van der Waals surface area contributed by atoms with E-state index >= 15 is 0 Å². The van der Waals surface area contributed by atoms with Gasteiger partial charge in [-0.15, -0.1) is 0 Å². The minimum Gasteiger partial charge on any atom is -0.481 e. The molecule has 0 aliphatic carbocycles. The molecule has 1 N–H and O–H groups in total. The summed E-state index contributed by atoms with van der Waals surface area (Å²) >= 11 is 0. The molecule has 0 aliphatic heterocycles. The molecule has 3 nitrogen and oxygen atoms in total. The average molecular weight is 359 g/mol. The molecule has 0 aliphatic rings. The van der Waals surface area contributed by atoms with Gasteiger partial charge in [-0.3, -0.25) is 4.79 Å². The molecule has 2 aromatic carbocycles. The monoisotopic (exact) mass is 359 g/mol. The maximum absolute atomic E-state index is 13.4. The number of carbonyl (C=O) groups excluding carboxylic acids is 1. The van der Waals surface area contributed by atoms with Crippen molar-refractivity contribution in [3.63, 3.8) is 0 Å². The van der Waals surface area contributed by atoms with Crippen molar-refractivity contribution in [2.24, 2.45) is 0 Å². The van der Waals surface area contributed by atoms with Gasteiger partial charge in [-0.25, -0.2) is 8.78 Å². The molecule has 1 atom stereocenters. The first-order valence-electron chi connectivity index (χ1n) is 7.17. The predicted octanol–water partition coefficient (Wildman–Crippen LogP) is 4.07. The van der Waals surface area contributed by atoms with E-state index in [-0.39, 0.29) is 5.56 Å². The Kier molecular flexibility index (Phi) is 5.61. The summed E-state index contributed by atoms with van der Waals surface area (Å²) in [7, 11) is 0. The van der Waals surface area contributed by atoms with E-state index in [0.29, 0.717) is 6.07 Å². The Bertz CT molecular complexity index is 744. The Morgan fingerprint density at radius 2 is 1.76 bits per heavy atom. The van der Waals surface area contributed by atoms with Gasteiger partial charge in [0.2, 0.25) is 0 Å². The highest BCUT2D eigenvalue weighted by atomic mass is 19.4. The molecular formula is C17H14F5NO2. The lowest BCUT2D eigenvalue weighted by atomic mass is 10.0. The van der Waals surface area contributed by atoms with Crippen LogP contribution in [0.2, 0.25) is 0 Å². The molecule has 0 heterocycles. The lowest BCUT2D eigenvalue weighted by Crippen LogP contribution is -2.40. The number of ether oxygens (including phenoxy) is 1. The number of carbonyl (C=O) groups is 1. The molecule has 0 fully saturated rings. The van der Waals surface area contributed by atoms with Crippen LogP contribution in [0.4, 0.5) is 22.0 Å². The van der Waals surface area contributed by atoms with Gasteiger partial charge in [0.15, 0.2) is 24.2 Å². The van der Waals surface area contributed by atoms with E-state index < -0.39 is 42.1 Å². The zero-order chi connectivity index (χ0) is 18.6. The molecular weight excluding hydrogens is 345 g/mol. The van der Waals surface area contributed by atoms with Crippen molar-refractivity contribution in [2.45, 2.75) is 19.1 Å². The van der Waals surface area contributed by atoms with Crippen LogP contribution in [-0.2, 0) is 4.79 Å². The van der Waals surface area contributed by atoms with Crippen LogP contribution in [0.3, 0.4) is 0 Å². The second-order valence-electron chi connectivity index (χ2n) is 5.32. The SMILES string of the molecule is Cc1ccc([C@H](NC(=O)COc2ccc(F)cc2F)C(F)(F)F)cc1. The molecule has 0 bridgehead atoms. The second-order valence-corrected chi connectivity index (χ2v) is 5.32. The quantitative estimate of drug-likeness (QED) is 0.818. The number of benzene rings is 2. The van der Waals surface area contributed by atoms with Gasteiger partial charge in [-0.05, 0) is 24.6 Å². The molecule has 1 amide bonds. The number of nitrogens with one attached hydrogen (secondary N) is 1. The summed E-state index contributed by atoms with van der Waals surface area (Å²) in [6.07, 6.45) is -4.72. The van der Waals surface area contributed by atoms with Crippen LogP contribution < -0.4 is 10.1 Å². The standard InChI is InChI=1S/C17H14F5NO2/c1-10-2-4-11(5-3-10)16(17(20,21)22)23-15(24)9-25-14-7-6-12(18)8-13(14)19/h2-8,16H,9H2,1H3,(H,23,24)/t16-/m0/s1. The van der Waals surface area contributed by atoms with E-state index in [1.807, 2.05) is 5.32 Å². The highest BCUT2D eigenvalue weighted by molar-refractivity contribution is 5.78. The van der Waals surface area contributed by atoms with Gasteiger partial charge in [0.1, 0.15) is 5.82 Å². The minimum absolute atomic E-state index is 0.139. The minimum atomic E-state index is -4.72. The van der Waals surface area contributed by atoms with Crippen LogP contribution in [0.25, 0.3) is 0 Å². The van der Waals surface area contributed by atoms with Crippen LogP contribution in [0.5, 0.6) is 5.75 Å². The molecule has 2 aromatic rings. The van der Waals surface area contributed by atoms with Gasteiger partial charge in [0, 0.05) is 6.07 Å². The lowest BCUT2D eigenvalue weighted by molar-refractivity contribution is -0.164. The van der Waals surface area contributed by atoms with Crippen LogP contribution in [0, 0.1) is 18.6 Å². The summed E-state index contributed by atoms with van der Waals surface area (Å²) in [5, 5.41) is 1.81. The van der Waals surface area contributed by atoms with Gasteiger partial charge in [0.25, 0.3) is 5.91 Å². The molecule has 8 heteroatoms. The highest BCUT2D eigenvalue weighted by Crippen LogP contribution is 2.32. The van der Waals surface area contributed by atoms with Gasteiger partial charge in [-0.2, -0.15) is 13.2 Å². The van der Waals surface area contributed by atoms with Crippen molar-refractivity contribution >= 4 is 5.91 Å². The number of rotatable bonds is 5. The van der Waals surface area contributed by atoms with Crippen molar-refractivity contribution in [2.75, 3.05) is 6.61 Å². The van der Waals surface area contributed by atoms with Crippen molar-refractivity contribution in [3.8, 4) is 5.75 Å². The Balaban J connectivity index is 2.05. The van der Waals surface area contributed by atoms with Crippen LogP contribution >= 0.6 is 0 Å². The summed E-state index contributed by atoms with van der Waals surface area (Å²) in [4.78, 5) is 11.8. The van der Waals surface area contributed by atoms with E-state index in [4.69, 9.17) is 4.74 Å². The second kappa shape index (κ2) is 7.50. The van der Waals surface area contributed by atoms with Crippen molar-refractivity contribution in [1.29, 1.82) is 0 Å². The molecule has 0 saturated carbocycles. The molecule has 0 saturated heterocycles. The maximum Gasteiger partial charge on any atom is 0.412 e. The number of halogens is 5. The molecule has 0 radical (unpaired) electrons. The Morgan fingerprint density at radius 1 is 1.12 bits per heavy atom. The number of hydrogen-bond donors (Lipinski definition) is 1. The first-order chi connectivity index (χ1) is 11.7. The van der Waals surface area contributed by atoms with Crippen LogP contribution in [0.15, 0.2) is 42.5 Å². The van der Waals surface area contributed by atoms with Crippen molar-refractivity contribution in [3.05, 3.63) is 65.2 Å². The summed E-state index contributed by atoms with van der Waals surface area (Å²) in [5.74, 6) is -3.42. The van der Waals surface area contributed by atoms with E-state index in [9.17, 15) is 26.7 Å². The summed E-state index contributed by atoms with van der Waals surface area (Å²) in [6.45, 7) is 0.872. The molecule has 0 spiro atoms. The fourth-order valence-corrected chi connectivity index (χ4v) is 2.05. The van der Waals surface area contributed by atoms with Gasteiger partial charge in [0.05, 0.1) is 0 Å². The van der Waals surface area contributed by atoms with Crippen molar-refractivity contribution < 1.29 is 31.5 Å². The molecule has 2 rings (SSSR count). The number of aryl methyl sites for hydroxylation is 1. The fourth-order valence-electron chi connectivity index (χ4n) is 2.05. The Hall–Kier alpha value is -2.64. The Morgan fingerprint density at radius 3 is 2.32 bits per heavy atom. The van der Waals surface area contributed by atoms with Crippen molar-refractivity contribution in [1.82, 2.24) is 5.32 Å². The fraction of sp³-hybridized carbons (Fsp3) is 0.235. The van der Waals surface area contributed by atoms with E-state index in [2.05, 4.69) is 0 Å². The predicted molar refractivity (Wildman–Crippen MR) is 80.0 cm³/mol. The summed E-state index contributed by atoms with van der Waals surface area (Å²) in [5.41, 5.74) is 0.630. The molecule has 0 unspecified atom stereocenters. The summed E-state index contributed by atoms with van der Waals surface area (Å²) in [6, 6.07) is 5.66. The summed E-state index contributed by atoms with van der Waals surface area (Å²) < 4.78 is 70.5. The normalized spacial score (nSPS) is 12.6. The topological polar surface area (TPSA) is 38.3 Å². The first kappa shape index (κ1) is 18.7. The van der Waals surface area contributed by atoms with Crippen LogP contribution in [0.1, 0.15) is 17.2 Å².